The summed E-state index contributed by atoms with van der Waals surface area (Å²) in [5.74, 6) is -0.164. The molecule has 3 nitrogen and oxygen atoms in total. The van der Waals surface area contributed by atoms with Crippen LogP contribution in [0, 0.1) is 0 Å². The third kappa shape index (κ3) is 22.5. The second-order valence-electron chi connectivity index (χ2n) is 9.48. The van der Waals surface area contributed by atoms with Crippen LogP contribution in [-0.4, -0.2) is 24.9 Å². The smallest absolute Gasteiger partial charge is 0.217 e. The highest BCUT2D eigenvalue weighted by molar-refractivity contribution is 5.85. The molecule has 0 aliphatic rings. The number of primary amides is 1. The normalized spacial score (nSPS) is 11.7. The lowest BCUT2D eigenvalue weighted by Gasteiger charge is -2.24. The van der Waals surface area contributed by atoms with Crippen molar-refractivity contribution in [2.24, 2.45) is 5.73 Å². The Balaban J connectivity index is 0. The first kappa shape index (κ1) is 34.8. The van der Waals surface area contributed by atoms with Gasteiger partial charge in [-0.15, -0.1) is 12.4 Å². The summed E-state index contributed by atoms with van der Waals surface area (Å²) in [7, 11) is 4.29. The second kappa shape index (κ2) is 26.3. The fraction of sp³-hybridized carbons (Fsp3) is 0.700. The monoisotopic (exact) mass is 494 g/mol. The summed E-state index contributed by atoms with van der Waals surface area (Å²) in [6, 6.07) is 11.3. The van der Waals surface area contributed by atoms with Gasteiger partial charge in [0.2, 0.25) is 5.91 Å². The highest BCUT2D eigenvalue weighted by Gasteiger charge is 2.11. The third-order valence-corrected chi connectivity index (χ3v) is 6.05. The van der Waals surface area contributed by atoms with Gasteiger partial charge in [0.05, 0.1) is 0 Å². The molecule has 1 rings (SSSR count). The van der Waals surface area contributed by atoms with Gasteiger partial charge in [0, 0.05) is 12.5 Å². The predicted molar refractivity (Wildman–Crippen MR) is 154 cm³/mol. The van der Waals surface area contributed by atoms with Crippen molar-refractivity contribution in [1.82, 2.24) is 4.90 Å². The molecule has 34 heavy (non-hydrogen) atoms. The number of hydrogen-bond acceptors (Lipinski definition) is 2. The number of unbranched alkanes of at least 4 members (excludes halogenated alkanes) is 11. The van der Waals surface area contributed by atoms with Crippen molar-refractivity contribution in [2.75, 3.05) is 14.1 Å². The number of hydrogen-bond donors (Lipinski definition) is 1. The molecule has 198 valence electrons. The van der Waals surface area contributed by atoms with E-state index in [1.165, 1.54) is 89.0 Å². The molecular formula is C30H55ClN2O. The van der Waals surface area contributed by atoms with E-state index in [-0.39, 0.29) is 18.3 Å². The average molecular weight is 495 g/mol. The first-order valence-corrected chi connectivity index (χ1v) is 13.7. The van der Waals surface area contributed by atoms with Crippen molar-refractivity contribution in [1.29, 1.82) is 0 Å². The van der Waals surface area contributed by atoms with Gasteiger partial charge in [0.15, 0.2) is 0 Å². The molecule has 0 saturated heterocycles. The number of nitrogens with two attached hydrogens (primary N) is 1. The van der Waals surface area contributed by atoms with Crippen LogP contribution in [0.3, 0.4) is 0 Å². The van der Waals surface area contributed by atoms with E-state index in [1.54, 1.807) is 0 Å². The van der Waals surface area contributed by atoms with Crippen LogP contribution in [0.2, 0.25) is 0 Å². The number of nitrogens with zero attached hydrogens (tertiary/aromatic N) is 1. The third-order valence-electron chi connectivity index (χ3n) is 6.05. The molecule has 2 N–H and O–H groups in total. The van der Waals surface area contributed by atoms with Gasteiger partial charge in [-0.3, -0.25) is 4.79 Å². The quantitative estimate of drug-likeness (QED) is 0.154. The summed E-state index contributed by atoms with van der Waals surface area (Å²) in [6.07, 6.45) is 24.4. The maximum atomic E-state index is 10.5. The number of halogens is 1. The molecule has 0 aliphatic heterocycles. The van der Waals surface area contributed by atoms with Gasteiger partial charge in [0.25, 0.3) is 0 Å². The molecule has 0 aromatic heterocycles. The maximum Gasteiger partial charge on any atom is 0.217 e. The van der Waals surface area contributed by atoms with Gasteiger partial charge in [-0.25, -0.2) is 0 Å². The van der Waals surface area contributed by atoms with E-state index in [4.69, 9.17) is 5.73 Å². The first-order chi connectivity index (χ1) is 16.0. The molecule has 1 aromatic carbocycles. The maximum absolute atomic E-state index is 10.5. The molecule has 0 bridgehead atoms. The molecule has 4 heteroatoms. The Morgan fingerprint density at radius 2 is 1.29 bits per heavy atom. The fourth-order valence-corrected chi connectivity index (χ4v) is 4.04. The molecule has 1 unspecified atom stereocenters. The first-order valence-electron chi connectivity index (χ1n) is 13.7. The number of rotatable bonds is 19. The van der Waals surface area contributed by atoms with Crippen LogP contribution in [0.25, 0.3) is 0 Å². The number of carbonyl (C=O) groups is 1. The Morgan fingerprint density at radius 1 is 0.794 bits per heavy atom. The molecule has 1 aromatic rings. The molecule has 0 aliphatic carbocycles. The van der Waals surface area contributed by atoms with Crippen LogP contribution in [0.1, 0.15) is 128 Å². The zero-order chi connectivity index (χ0) is 24.6. The van der Waals surface area contributed by atoms with Crippen LogP contribution < -0.4 is 5.73 Å². The summed E-state index contributed by atoms with van der Waals surface area (Å²) in [5, 5.41) is 0. The van der Waals surface area contributed by atoms with Crippen molar-refractivity contribution in [3.63, 3.8) is 0 Å². The van der Waals surface area contributed by atoms with E-state index in [0.717, 1.165) is 12.8 Å². The van der Waals surface area contributed by atoms with E-state index in [0.29, 0.717) is 12.5 Å². The van der Waals surface area contributed by atoms with Gasteiger partial charge < -0.3 is 10.6 Å². The summed E-state index contributed by atoms with van der Waals surface area (Å²) in [4.78, 5) is 12.8. The molecule has 0 heterocycles. The number of amides is 1. The van der Waals surface area contributed by atoms with E-state index in [9.17, 15) is 4.79 Å². The summed E-state index contributed by atoms with van der Waals surface area (Å²) in [6.45, 7) is 4.50. The Labute approximate surface area is 218 Å². The molecule has 0 fully saturated rings. The highest BCUT2D eigenvalue weighted by Crippen LogP contribution is 2.22. The minimum atomic E-state index is -0.164. The highest BCUT2D eigenvalue weighted by atomic mass is 35.5. The fourth-order valence-electron chi connectivity index (χ4n) is 4.04. The van der Waals surface area contributed by atoms with Crippen molar-refractivity contribution in [2.45, 2.75) is 123 Å². The second-order valence-corrected chi connectivity index (χ2v) is 9.48. The Morgan fingerprint density at radius 3 is 1.76 bits per heavy atom. The van der Waals surface area contributed by atoms with Gasteiger partial charge in [-0.05, 0) is 58.2 Å². The zero-order valence-electron chi connectivity index (χ0n) is 22.8. The van der Waals surface area contributed by atoms with Crippen molar-refractivity contribution < 1.29 is 4.79 Å². The summed E-state index contributed by atoms with van der Waals surface area (Å²) in [5.41, 5.74) is 6.52. The molecular weight excluding hydrogens is 440 g/mol. The molecule has 0 radical (unpaired) electrons. The van der Waals surface area contributed by atoms with Crippen LogP contribution in [-0.2, 0) is 4.79 Å². The van der Waals surface area contributed by atoms with Gasteiger partial charge in [-0.1, -0.05) is 114 Å². The largest absolute Gasteiger partial charge is 0.370 e. The Bertz CT molecular complexity index is 574. The minimum Gasteiger partial charge on any atom is -0.370 e. The molecule has 0 spiro atoms. The van der Waals surface area contributed by atoms with E-state index >= 15 is 0 Å². The van der Waals surface area contributed by atoms with Crippen LogP contribution in [0.5, 0.6) is 0 Å². The lowest BCUT2D eigenvalue weighted by molar-refractivity contribution is -0.118. The van der Waals surface area contributed by atoms with Crippen LogP contribution in [0.4, 0.5) is 0 Å². The number of carbonyl (C=O) groups excluding carboxylic acids is 1. The lowest BCUT2D eigenvalue weighted by Crippen LogP contribution is -2.19. The molecule has 1 amide bonds. The van der Waals surface area contributed by atoms with Crippen LogP contribution in [0.15, 0.2) is 42.5 Å². The lowest BCUT2D eigenvalue weighted by atomic mass is 10.0. The average Bonchev–Trinajstić information content (AvgIpc) is 2.80. The topological polar surface area (TPSA) is 46.3 Å². The number of allylic oxidation sites excluding steroid dienone is 2. The SMILES string of the molecule is CCCC(c1ccccc1)N(C)C.CCCCCCCC/C=C\CCCCCCCC(N)=O.Cl. The number of benzene rings is 1. The van der Waals surface area contributed by atoms with Crippen molar-refractivity contribution in [3.8, 4) is 0 Å². The van der Waals surface area contributed by atoms with Crippen molar-refractivity contribution >= 4 is 18.3 Å². The zero-order valence-corrected chi connectivity index (χ0v) is 23.6. The van der Waals surface area contributed by atoms with Crippen molar-refractivity contribution in [3.05, 3.63) is 48.0 Å². The van der Waals surface area contributed by atoms with E-state index in [2.05, 4.69) is 75.3 Å². The van der Waals surface area contributed by atoms with Gasteiger partial charge in [-0.2, -0.15) is 0 Å². The van der Waals surface area contributed by atoms with Crippen LogP contribution >= 0.6 is 12.4 Å². The van der Waals surface area contributed by atoms with Gasteiger partial charge in [0.1, 0.15) is 0 Å². The Kier molecular flexibility index (Phi) is 26.9. The van der Waals surface area contributed by atoms with E-state index < -0.39 is 0 Å². The molecule has 1 atom stereocenters. The van der Waals surface area contributed by atoms with E-state index in [1.807, 2.05) is 0 Å². The Hall–Kier alpha value is -1.32. The molecule has 0 saturated carbocycles. The summed E-state index contributed by atoms with van der Waals surface area (Å²) >= 11 is 0. The standard InChI is InChI=1S/C18H35NO.C12H19N.ClH/c1-2-3-4-5-6-7-8-9-10-11-12-13-14-15-16-17-18(19)20;1-4-8-12(13(2)3)11-9-6-5-7-10-11;/h9-10H,2-8,11-17H2,1H3,(H2,19,20);5-7,9-10,12H,4,8H2,1-3H3;1H/b10-9-;;. The minimum absolute atomic E-state index is 0. The van der Waals surface area contributed by atoms with Gasteiger partial charge >= 0.3 is 0 Å². The summed E-state index contributed by atoms with van der Waals surface area (Å²) < 4.78 is 0. The predicted octanol–water partition coefficient (Wildman–Crippen LogP) is 9.02.